The number of nitrogens with zero attached hydrogens (tertiary/aromatic N) is 5. The van der Waals surface area contributed by atoms with Gasteiger partial charge in [-0.15, -0.1) is 0 Å². The van der Waals surface area contributed by atoms with Crippen molar-refractivity contribution in [1.29, 1.82) is 0 Å². The molecule has 3 rings (SSSR count). The number of anilines is 1. The maximum Gasteiger partial charge on any atom is 0.338 e. The SMILES string of the molecule is CN(C)c1cccc2c(S(=O)(=O)N(C)CCOC(=O)c3ccc(N=[N+]=[N-])cc3)cccc12. The normalized spacial score (nSPS) is 11.2. The molecule has 0 saturated heterocycles. The first-order chi connectivity index (χ1) is 15.3. The fourth-order valence-electron chi connectivity index (χ4n) is 3.23. The van der Waals surface area contributed by atoms with E-state index in [1.807, 2.05) is 37.2 Å². The Morgan fingerprint density at radius 2 is 1.66 bits per heavy atom. The largest absolute Gasteiger partial charge is 0.461 e. The van der Waals surface area contributed by atoms with Gasteiger partial charge in [-0.3, -0.25) is 0 Å². The van der Waals surface area contributed by atoms with Crippen molar-refractivity contribution in [3.8, 4) is 0 Å². The molecular formula is C22H23N5O4S. The number of ether oxygens (including phenoxy) is 1. The molecule has 0 fully saturated rings. The van der Waals surface area contributed by atoms with Crippen molar-refractivity contribution in [2.24, 2.45) is 5.11 Å². The van der Waals surface area contributed by atoms with Gasteiger partial charge in [0.15, 0.2) is 0 Å². The topological polar surface area (TPSA) is 116 Å². The molecule has 3 aromatic rings. The van der Waals surface area contributed by atoms with E-state index < -0.39 is 16.0 Å². The second-order valence-corrected chi connectivity index (χ2v) is 9.23. The molecule has 0 heterocycles. The molecule has 166 valence electrons. The molecule has 0 aliphatic rings. The van der Waals surface area contributed by atoms with E-state index in [0.717, 1.165) is 11.1 Å². The van der Waals surface area contributed by atoms with Crippen LogP contribution in [0.25, 0.3) is 21.2 Å². The third-order valence-electron chi connectivity index (χ3n) is 4.93. The molecule has 0 aliphatic heterocycles. The number of rotatable bonds is 8. The van der Waals surface area contributed by atoms with E-state index in [4.69, 9.17) is 10.3 Å². The highest BCUT2D eigenvalue weighted by Crippen LogP contribution is 2.31. The van der Waals surface area contributed by atoms with Crippen molar-refractivity contribution in [2.75, 3.05) is 39.2 Å². The number of hydrogen-bond donors (Lipinski definition) is 0. The van der Waals surface area contributed by atoms with E-state index in [1.165, 1.54) is 35.6 Å². The second-order valence-electron chi connectivity index (χ2n) is 7.22. The Morgan fingerprint density at radius 3 is 2.31 bits per heavy atom. The lowest BCUT2D eigenvalue weighted by molar-refractivity contribution is 0.0494. The summed E-state index contributed by atoms with van der Waals surface area (Å²) in [6.45, 7) is -0.116. The molecular weight excluding hydrogens is 430 g/mol. The Hall–Kier alpha value is -3.59. The maximum atomic E-state index is 13.2. The molecule has 32 heavy (non-hydrogen) atoms. The van der Waals surface area contributed by atoms with Gasteiger partial charge in [0, 0.05) is 54.7 Å². The zero-order chi connectivity index (χ0) is 23.3. The van der Waals surface area contributed by atoms with Crippen LogP contribution in [-0.4, -0.2) is 53.0 Å². The van der Waals surface area contributed by atoms with Gasteiger partial charge in [0.25, 0.3) is 0 Å². The minimum Gasteiger partial charge on any atom is -0.461 e. The molecule has 0 unspecified atom stereocenters. The monoisotopic (exact) mass is 453 g/mol. The highest BCUT2D eigenvalue weighted by molar-refractivity contribution is 7.89. The number of hydrogen-bond acceptors (Lipinski definition) is 6. The van der Waals surface area contributed by atoms with Crippen molar-refractivity contribution < 1.29 is 17.9 Å². The highest BCUT2D eigenvalue weighted by Gasteiger charge is 2.24. The number of carbonyl (C=O) groups is 1. The van der Waals surface area contributed by atoms with Crippen molar-refractivity contribution >= 4 is 38.1 Å². The lowest BCUT2D eigenvalue weighted by Gasteiger charge is -2.20. The third-order valence-corrected chi connectivity index (χ3v) is 6.85. The minimum absolute atomic E-state index is 0.00532. The Kier molecular flexibility index (Phi) is 6.99. The second kappa shape index (κ2) is 9.69. The molecule has 0 amide bonds. The van der Waals surface area contributed by atoms with Gasteiger partial charge in [0.2, 0.25) is 10.0 Å². The number of carbonyl (C=O) groups excluding carboxylic acids is 1. The van der Waals surface area contributed by atoms with Gasteiger partial charge >= 0.3 is 5.97 Å². The van der Waals surface area contributed by atoms with Gasteiger partial charge in [-0.05, 0) is 29.8 Å². The fourth-order valence-corrected chi connectivity index (χ4v) is 4.59. The maximum absolute atomic E-state index is 13.2. The zero-order valence-corrected chi connectivity index (χ0v) is 18.8. The Morgan fingerprint density at radius 1 is 1.00 bits per heavy atom. The summed E-state index contributed by atoms with van der Waals surface area (Å²) in [5, 5.41) is 4.90. The van der Waals surface area contributed by atoms with Gasteiger partial charge in [-0.25, -0.2) is 13.2 Å². The zero-order valence-electron chi connectivity index (χ0n) is 18.0. The van der Waals surface area contributed by atoms with Gasteiger partial charge < -0.3 is 9.64 Å². The molecule has 0 saturated carbocycles. The smallest absolute Gasteiger partial charge is 0.338 e. The number of likely N-dealkylation sites (N-methyl/N-ethyl adjacent to an activating group) is 1. The average Bonchev–Trinajstić information content (AvgIpc) is 2.78. The lowest BCUT2D eigenvalue weighted by Crippen LogP contribution is -2.31. The number of benzene rings is 3. The number of sulfonamides is 1. The van der Waals surface area contributed by atoms with Crippen LogP contribution in [-0.2, 0) is 14.8 Å². The summed E-state index contributed by atoms with van der Waals surface area (Å²) in [6, 6.07) is 16.7. The van der Waals surface area contributed by atoms with E-state index in [9.17, 15) is 13.2 Å². The van der Waals surface area contributed by atoms with E-state index in [1.54, 1.807) is 18.2 Å². The summed E-state index contributed by atoms with van der Waals surface area (Å²) in [6.07, 6.45) is 0. The van der Waals surface area contributed by atoms with Crippen LogP contribution in [0.3, 0.4) is 0 Å². The summed E-state index contributed by atoms with van der Waals surface area (Å²) in [5.74, 6) is -0.593. The van der Waals surface area contributed by atoms with Crippen LogP contribution in [0.1, 0.15) is 10.4 Å². The first-order valence-corrected chi connectivity index (χ1v) is 11.2. The van der Waals surface area contributed by atoms with Crippen LogP contribution < -0.4 is 4.90 Å². The number of azide groups is 1. The van der Waals surface area contributed by atoms with E-state index in [0.29, 0.717) is 11.1 Å². The summed E-state index contributed by atoms with van der Waals surface area (Å²) in [4.78, 5) is 17.0. The highest BCUT2D eigenvalue weighted by atomic mass is 32.2. The molecule has 0 aliphatic carbocycles. The minimum atomic E-state index is -3.81. The molecule has 10 heteroatoms. The molecule has 0 spiro atoms. The molecule has 0 N–H and O–H groups in total. The number of fused-ring (bicyclic) bond motifs is 1. The first-order valence-electron chi connectivity index (χ1n) is 9.73. The first kappa shape index (κ1) is 23.1. The van der Waals surface area contributed by atoms with Crippen LogP contribution in [0, 0.1) is 0 Å². The molecule has 0 bridgehead atoms. The Bertz CT molecular complexity index is 1280. The van der Waals surface area contributed by atoms with E-state index >= 15 is 0 Å². The quantitative estimate of drug-likeness (QED) is 0.218. The van der Waals surface area contributed by atoms with Crippen molar-refractivity contribution in [3.63, 3.8) is 0 Å². The Labute approximate surface area is 186 Å². The summed E-state index contributed by atoms with van der Waals surface area (Å²) >= 11 is 0. The average molecular weight is 454 g/mol. The van der Waals surface area contributed by atoms with E-state index in [-0.39, 0.29) is 23.6 Å². The Balaban J connectivity index is 1.72. The number of esters is 1. The lowest BCUT2D eigenvalue weighted by atomic mass is 10.1. The van der Waals surface area contributed by atoms with Crippen LogP contribution in [0.5, 0.6) is 0 Å². The van der Waals surface area contributed by atoms with Gasteiger partial charge in [0.1, 0.15) is 6.61 Å². The molecule has 9 nitrogen and oxygen atoms in total. The predicted octanol–water partition coefficient (Wildman–Crippen LogP) is 4.33. The van der Waals surface area contributed by atoms with Gasteiger partial charge in [-0.2, -0.15) is 4.31 Å². The van der Waals surface area contributed by atoms with Crippen LogP contribution in [0.15, 0.2) is 70.7 Å². The third kappa shape index (κ3) is 4.83. The predicted molar refractivity (Wildman–Crippen MR) is 124 cm³/mol. The molecule has 0 radical (unpaired) electrons. The summed E-state index contributed by atoms with van der Waals surface area (Å²) < 4.78 is 32.8. The molecule has 0 aromatic heterocycles. The fraction of sp³-hybridized carbons (Fsp3) is 0.227. The van der Waals surface area contributed by atoms with Crippen molar-refractivity contribution in [3.05, 3.63) is 76.7 Å². The molecule has 0 atom stereocenters. The van der Waals surface area contributed by atoms with Crippen LogP contribution in [0.4, 0.5) is 11.4 Å². The van der Waals surface area contributed by atoms with Crippen LogP contribution in [0.2, 0.25) is 0 Å². The summed E-state index contributed by atoms with van der Waals surface area (Å²) in [5.41, 5.74) is 9.99. The van der Waals surface area contributed by atoms with Crippen molar-refractivity contribution in [2.45, 2.75) is 4.90 Å². The summed E-state index contributed by atoms with van der Waals surface area (Å²) in [7, 11) is 1.45. The standard InChI is InChI=1S/C22H23N5O4S/c1-26(2)20-8-4-7-19-18(20)6-5-9-21(19)32(29,30)27(3)14-15-31-22(28)16-10-12-17(13-11-16)24-25-23/h4-13H,14-15H2,1-3H3. The van der Waals surface area contributed by atoms with Crippen LogP contribution >= 0.6 is 0 Å². The van der Waals surface area contributed by atoms with Gasteiger partial charge in [-0.1, -0.05) is 41.5 Å². The van der Waals surface area contributed by atoms with Crippen molar-refractivity contribution in [1.82, 2.24) is 4.31 Å². The van der Waals surface area contributed by atoms with E-state index in [2.05, 4.69) is 10.0 Å². The molecule has 3 aromatic carbocycles. The van der Waals surface area contributed by atoms with Gasteiger partial charge in [0.05, 0.1) is 10.5 Å².